The van der Waals surface area contributed by atoms with Gasteiger partial charge in [0.15, 0.2) is 11.4 Å². The number of methoxy groups -OCH3 is 1. The first-order chi connectivity index (χ1) is 9.81. The number of ether oxygens (including phenoxy) is 1. The Kier molecular flexibility index (Phi) is 3.80. The third kappa shape index (κ3) is 2.46. The summed E-state index contributed by atoms with van der Waals surface area (Å²) in [7, 11) is 1.62. The number of rotatable bonds is 4. The molecule has 3 rings (SSSR count). The average Bonchev–Trinajstić information content (AvgIpc) is 2.90. The summed E-state index contributed by atoms with van der Waals surface area (Å²) >= 11 is 1.45. The van der Waals surface area contributed by atoms with Gasteiger partial charge in [0.1, 0.15) is 0 Å². The monoisotopic (exact) mass is 288 g/mol. The predicted molar refractivity (Wildman–Crippen MR) is 79.4 cm³/mol. The van der Waals surface area contributed by atoms with Gasteiger partial charge in [-0.25, -0.2) is 4.98 Å². The number of nitrogens with zero attached hydrogens (tertiary/aromatic N) is 2. The molecule has 0 saturated heterocycles. The van der Waals surface area contributed by atoms with Crippen molar-refractivity contribution >= 4 is 22.8 Å². The third-order valence-electron chi connectivity index (χ3n) is 3.51. The lowest BCUT2D eigenvalue weighted by Gasteiger charge is -2.28. The molecular formula is C15H16N2O2S. The van der Waals surface area contributed by atoms with E-state index in [1.54, 1.807) is 7.11 Å². The second-order valence-electron chi connectivity index (χ2n) is 4.80. The highest BCUT2D eigenvalue weighted by atomic mass is 32.1. The van der Waals surface area contributed by atoms with Gasteiger partial charge in [-0.2, -0.15) is 0 Å². The number of hydrogen-bond donors (Lipinski definition) is 0. The molecule has 0 saturated carbocycles. The van der Waals surface area contributed by atoms with Gasteiger partial charge in [0.2, 0.25) is 0 Å². The Balaban J connectivity index is 1.86. The normalized spacial score (nSPS) is 14.2. The van der Waals surface area contributed by atoms with Crippen LogP contribution >= 0.6 is 11.3 Å². The van der Waals surface area contributed by atoms with Crippen LogP contribution in [0.4, 0.5) is 5.13 Å². The lowest BCUT2D eigenvalue weighted by Crippen LogP contribution is -2.30. The van der Waals surface area contributed by atoms with Crippen molar-refractivity contribution in [1.82, 2.24) is 4.98 Å². The number of aromatic nitrogens is 1. The molecule has 4 nitrogen and oxygen atoms in total. The standard InChI is InChI=1S/C15H16N2O2S/c1-19-10-13-14(9-18)20-15(16-13)17-7-6-11-4-2-3-5-12(11)8-17/h2-5,9H,6-8,10H2,1H3. The van der Waals surface area contributed by atoms with E-state index in [9.17, 15) is 4.79 Å². The molecule has 0 radical (unpaired) electrons. The maximum Gasteiger partial charge on any atom is 0.186 e. The molecule has 1 aromatic heterocycles. The van der Waals surface area contributed by atoms with Crippen molar-refractivity contribution in [3.8, 4) is 0 Å². The Morgan fingerprint density at radius 3 is 2.95 bits per heavy atom. The van der Waals surface area contributed by atoms with Gasteiger partial charge in [-0.15, -0.1) is 0 Å². The molecule has 1 aliphatic rings. The molecule has 0 unspecified atom stereocenters. The van der Waals surface area contributed by atoms with E-state index in [1.807, 2.05) is 0 Å². The Hall–Kier alpha value is -1.72. The van der Waals surface area contributed by atoms with Crippen LogP contribution < -0.4 is 4.90 Å². The molecule has 1 aromatic carbocycles. The molecule has 0 atom stereocenters. The van der Waals surface area contributed by atoms with Crippen molar-refractivity contribution in [2.24, 2.45) is 0 Å². The molecule has 20 heavy (non-hydrogen) atoms. The molecule has 0 aliphatic carbocycles. The highest BCUT2D eigenvalue weighted by molar-refractivity contribution is 7.17. The second kappa shape index (κ2) is 5.73. The maximum atomic E-state index is 11.1. The zero-order valence-electron chi connectivity index (χ0n) is 11.3. The van der Waals surface area contributed by atoms with E-state index in [0.717, 1.165) is 36.6 Å². The summed E-state index contributed by atoms with van der Waals surface area (Å²) in [5, 5.41) is 0.911. The summed E-state index contributed by atoms with van der Waals surface area (Å²) in [6, 6.07) is 8.49. The molecule has 0 amide bonds. The summed E-state index contributed by atoms with van der Waals surface area (Å²) < 4.78 is 5.09. The maximum absolute atomic E-state index is 11.1. The zero-order chi connectivity index (χ0) is 13.9. The molecular weight excluding hydrogens is 272 g/mol. The number of carbonyl (C=O) groups is 1. The van der Waals surface area contributed by atoms with Crippen molar-refractivity contribution in [3.05, 3.63) is 46.0 Å². The van der Waals surface area contributed by atoms with Crippen molar-refractivity contribution in [3.63, 3.8) is 0 Å². The van der Waals surface area contributed by atoms with Gasteiger partial charge < -0.3 is 9.64 Å². The molecule has 0 bridgehead atoms. The second-order valence-corrected chi connectivity index (χ2v) is 5.81. The lowest BCUT2D eigenvalue weighted by molar-refractivity contribution is 0.112. The Labute approximate surface area is 122 Å². The first-order valence-corrected chi connectivity index (χ1v) is 7.39. The van der Waals surface area contributed by atoms with Gasteiger partial charge >= 0.3 is 0 Å². The van der Waals surface area contributed by atoms with E-state index >= 15 is 0 Å². The summed E-state index contributed by atoms with van der Waals surface area (Å²) in [6.07, 6.45) is 1.89. The third-order valence-corrected chi connectivity index (χ3v) is 4.59. The van der Waals surface area contributed by atoms with Crippen LogP contribution in [0.5, 0.6) is 0 Å². The van der Waals surface area contributed by atoms with E-state index in [4.69, 9.17) is 4.74 Å². The van der Waals surface area contributed by atoms with Crippen LogP contribution in [0.2, 0.25) is 0 Å². The molecule has 5 heteroatoms. The highest BCUT2D eigenvalue weighted by Crippen LogP contribution is 2.30. The molecule has 0 fully saturated rings. The van der Waals surface area contributed by atoms with E-state index < -0.39 is 0 Å². The summed E-state index contributed by atoms with van der Waals surface area (Å²) in [5.74, 6) is 0. The zero-order valence-corrected chi connectivity index (χ0v) is 12.2. The lowest BCUT2D eigenvalue weighted by atomic mass is 10.0. The average molecular weight is 288 g/mol. The van der Waals surface area contributed by atoms with E-state index in [-0.39, 0.29) is 0 Å². The van der Waals surface area contributed by atoms with Gasteiger partial charge in [-0.1, -0.05) is 35.6 Å². The van der Waals surface area contributed by atoms with Gasteiger partial charge in [-0.05, 0) is 17.5 Å². The highest BCUT2D eigenvalue weighted by Gasteiger charge is 2.20. The first kappa shape index (κ1) is 13.3. The van der Waals surface area contributed by atoms with E-state index in [0.29, 0.717) is 11.5 Å². The van der Waals surface area contributed by atoms with Crippen LogP contribution in [-0.4, -0.2) is 24.9 Å². The van der Waals surface area contributed by atoms with Crippen molar-refractivity contribution < 1.29 is 9.53 Å². The minimum absolute atomic E-state index is 0.384. The topological polar surface area (TPSA) is 42.4 Å². The number of fused-ring (bicyclic) bond motifs is 1. The number of hydrogen-bond acceptors (Lipinski definition) is 5. The largest absolute Gasteiger partial charge is 0.378 e. The first-order valence-electron chi connectivity index (χ1n) is 6.57. The van der Waals surface area contributed by atoms with Crippen molar-refractivity contribution in [2.75, 3.05) is 18.6 Å². The summed E-state index contributed by atoms with van der Waals surface area (Å²) in [5.41, 5.74) is 3.49. The van der Waals surface area contributed by atoms with Crippen LogP contribution in [0.1, 0.15) is 26.5 Å². The molecule has 2 heterocycles. The molecule has 2 aromatic rings. The fourth-order valence-electron chi connectivity index (χ4n) is 2.48. The molecule has 1 aliphatic heterocycles. The summed E-state index contributed by atoms with van der Waals surface area (Å²) in [4.78, 5) is 18.6. The number of anilines is 1. The SMILES string of the molecule is COCc1nc(N2CCc3ccccc3C2)sc1C=O. The fraction of sp³-hybridized carbons (Fsp3) is 0.333. The predicted octanol–water partition coefficient (Wildman–Crippen LogP) is 2.66. The number of thiazole rings is 1. The summed E-state index contributed by atoms with van der Waals surface area (Å²) in [6.45, 7) is 2.18. The van der Waals surface area contributed by atoms with Gasteiger partial charge in [0, 0.05) is 20.2 Å². The minimum Gasteiger partial charge on any atom is -0.378 e. The van der Waals surface area contributed by atoms with Crippen LogP contribution in [0.3, 0.4) is 0 Å². The van der Waals surface area contributed by atoms with Crippen molar-refractivity contribution in [2.45, 2.75) is 19.6 Å². The van der Waals surface area contributed by atoms with Gasteiger partial charge in [-0.3, -0.25) is 4.79 Å². The molecule has 0 N–H and O–H groups in total. The number of carbonyl (C=O) groups excluding carboxylic acids is 1. The minimum atomic E-state index is 0.384. The number of aldehydes is 1. The Morgan fingerprint density at radius 2 is 2.20 bits per heavy atom. The smallest absolute Gasteiger partial charge is 0.186 e. The molecule has 104 valence electrons. The van der Waals surface area contributed by atoms with Crippen LogP contribution in [0.25, 0.3) is 0 Å². The van der Waals surface area contributed by atoms with Crippen LogP contribution in [0.15, 0.2) is 24.3 Å². The van der Waals surface area contributed by atoms with E-state index in [1.165, 1.54) is 22.5 Å². The molecule has 0 spiro atoms. The quantitative estimate of drug-likeness (QED) is 0.811. The fourth-order valence-corrected chi connectivity index (χ4v) is 3.39. The van der Waals surface area contributed by atoms with Gasteiger partial charge in [0.25, 0.3) is 0 Å². The Bertz CT molecular complexity index is 624. The van der Waals surface area contributed by atoms with Gasteiger partial charge in [0.05, 0.1) is 17.2 Å². The number of benzene rings is 1. The Morgan fingerprint density at radius 1 is 1.40 bits per heavy atom. The van der Waals surface area contributed by atoms with Crippen molar-refractivity contribution in [1.29, 1.82) is 0 Å². The van der Waals surface area contributed by atoms with Crippen LogP contribution in [0, 0.1) is 0 Å². The van der Waals surface area contributed by atoms with E-state index in [2.05, 4.69) is 34.1 Å². The van der Waals surface area contributed by atoms with Crippen LogP contribution in [-0.2, 0) is 24.3 Å².